The molecule has 0 saturated carbocycles. The molecule has 2 aliphatic heterocycles. The van der Waals surface area contributed by atoms with E-state index in [9.17, 15) is 18.3 Å². The molecule has 2 fully saturated rings. The van der Waals surface area contributed by atoms with Crippen LogP contribution in [0.4, 0.5) is 0 Å². The molecule has 8 heteroatoms. The molecule has 0 spiro atoms. The summed E-state index contributed by atoms with van der Waals surface area (Å²) in [7, 11) is -0.124. The number of aromatic carboxylic acids is 1. The minimum absolute atomic E-state index is 0.0221. The van der Waals surface area contributed by atoms with Gasteiger partial charge in [-0.2, -0.15) is 4.31 Å². The number of hydrogen-bond donors (Lipinski definition) is 1. The lowest BCUT2D eigenvalue weighted by atomic mass is 9.98. The number of carbonyl (C=O) groups is 1. The molecule has 1 N–H and O–H groups in total. The normalized spacial score (nSPS) is 27.0. The van der Waals surface area contributed by atoms with E-state index in [1.54, 1.807) is 7.05 Å². The van der Waals surface area contributed by atoms with Gasteiger partial charge in [-0.05, 0) is 57.4 Å². The van der Waals surface area contributed by atoms with Crippen molar-refractivity contribution in [3.05, 3.63) is 28.3 Å². The number of hydrogen-bond acceptors (Lipinski definition) is 4. The van der Waals surface area contributed by atoms with Gasteiger partial charge in [0.25, 0.3) is 0 Å². The quantitative estimate of drug-likeness (QED) is 0.860. The number of sulfonamides is 1. The van der Waals surface area contributed by atoms with Crippen molar-refractivity contribution in [2.45, 2.75) is 55.6 Å². The molecule has 0 radical (unpaired) electrons. The topological polar surface area (TPSA) is 77.9 Å². The van der Waals surface area contributed by atoms with Crippen LogP contribution in [0.25, 0.3) is 0 Å². The summed E-state index contributed by atoms with van der Waals surface area (Å²) in [6.07, 6.45) is 3.80. The van der Waals surface area contributed by atoms with Gasteiger partial charge >= 0.3 is 5.97 Å². The number of piperidine rings is 1. The van der Waals surface area contributed by atoms with Crippen molar-refractivity contribution in [1.82, 2.24) is 9.21 Å². The second kappa shape index (κ2) is 6.54. The Hall–Kier alpha value is -1.15. The highest BCUT2D eigenvalue weighted by molar-refractivity contribution is 7.89. The number of nitrogens with zero attached hydrogens (tertiary/aromatic N) is 2. The van der Waals surface area contributed by atoms with Crippen molar-refractivity contribution in [2.24, 2.45) is 0 Å². The first kappa shape index (κ1) is 18.6. The van der Waals surface area contributed by atoms with Gasteiger partial charge in [-0.3, -0.25) is 0 Å². The van der Waals surface area contributed by atoms with Crippen molar-refractivity contribution in [1.29, 1.82) is 0 Å². The lowest BCUT2D eigenvalue weighted by Gasteiger charge is -2.39. The highest BCUT2D eigenvalue weighted by Gasteiger charge is 2.42. The van der Waals surface area contributed by atoms with E-state index in [0.717, 1.165) is 25.7 Å². The highest BCUT2D eigenvalue weighted by Crippen LogP contribution is 2.38. The van der Waals surface area contributed by atoms with E-state index < -0.39 is 16.0 Å². The molecular formula is C17H23ClN2O4S. The van der Waals surface area contributed by atoms with E-state index >= 15 is 0 Å². The summed E-state index contributed by atoms with van der Waals surface area (Å²) in [5.41, 5.74) is 0.141. The number of halogens is 1. The molecule has 6 nitrogen and oxygen atoms in total. The van der Waals surface area contributed by atoms with Crippen LogP contribution in [0.2, 0.25) is 5.02 Å². The predicted molar refractivity (Wildman–Crippen MR) is 95.7 cm³/mol. The Kier molecular flexibility index (Phi) is 4.87. The summed E-state index contributed by atoms with van der Waals surface area (Å²) in [6, 6.07) is 3.38. The first-order valence-electron chi connectivity index (χ1n) is 8.36. The second-order valence-electron chi connectivity index (χ2n) is 7.08. The van der Waals surface area contributed by atoms with Gasteiger partial charge in [-0.15, -0.1) is 0 Å². The van der Waals surface area contributed by atoms with Gasteiger partial charge in [0.1, 0.15) is 0 Å². The molecule has 2 atom stereocenters. The van der Waals surface area contributed by atoms with Gasteiger partial charge in [-0.25, -0.2) is 13.2 Å². The summed E-state index contributed by atoms with van der Waals surface area (Å²) >= 11 is 5.99. The third kappa shape index (κ3) is 3.18. The fourth-order valence-electron chi connectivity index (χ4n) is 4.18. The van der Waals surface area contributed by atoms with Gasteiger partial charge in [0.05, 0.1) is 10.5 Å². The van der Waals surface area contributed by atoms with Crippen molar-refractivity contribution < 1.29 is 18.3 Å². The van der Waals surface area contributed by atoms with E-state index in [-0.39, 0.29) is 27.1 Å². The third-order valence-electron chi connectivity index (χ3n) is 5.80. The van der Waals surface area contributed by atoms with Gasteiger partial charge < -0.3 is 10.0 Å². The van der Waals surface area contributed by atoms with Gasteiger partial charge in [-0.1, -0.05) is 11.6 Å². The lowest BCUT2D eigenvalue weighted by Crippen LogP contribution is -2.49. The number of benzene rings is 1. The smallest absolute Gasteiger partial charge is 0.336 e. The summed E-state index contributed by atoms with van der Waals surface area (Å²) in [6.45, 7) is 1.51. The monoisotopic (exact) mass is 386 g/mol. The third-order valence-corrected chi connectivity index (χ3v) is 8.05. The lowest BCUT2D eigenvalue weighted by molar-refractivity contribution is 0.0696. The SMILES string of the molecule is Cc1c(C(=O)O)cc(Cl)cc1S(=O)(=O)N(C)C1CC2CCC(C1)N2C. The molecule has 1 aromatic carbocycles. The fourth-order valence-corrected chi connectivity index (χ4v) is 6.11. The Morgan fingerprint density at radius 3 is 2.36 bits per heavy atom. The van der Waals surface area contributed by atoms with Crippen LogP contribution in [0, 0.1) is 6.92 Å². The van der Waals surface area contributed by atoms with Crippen molar-refractivity contribution in [3.8, 4) is 0 Å². The van der Waals surface area contributed by atoms with E-state index in [4.69, 9.17) is 11.6 Å². The van der Waals surface area contributed by atoms with E-state index in [2.05, 4.69) is 11.9 Å². The first-order valence-corrected chi connectivity index (χ1v) is 10.2. The standard InChI is InChI=1S/C17H23ClN2O4S/c1-10-15(17(21)22)6-11(18)7-16(10)25(23,24)20(3)14-8-12-4-5-13(9-14)19(12)2/h6-7,12-14H,4-5,8-9H2,1-3H3,(H,21,22). The molecule has 2 unspecified atom stereocenters. The number of carboxylic acids is 1. The molecule has 25 heavy (non-hydrogen) atoms. The molecule has 2 aliphatic rings. The fraction of sp³-hybridized carbons (Fsp3) is 0.588. The molecule has 3 rings (SSSR count). The van der Waals surface area contributed by atoms with Crippen LogP contribution in [0.3, 0.4) is 0 Å². The molecule has 2 saturated heterocycles. The van der Waals surface area contributed by atoms with Crippen molar-refractivity contribution in [2.75, 3.05) is 14.1 Å². The van der Waals surface area contributed by atoms with Crippen LogP contribution < -0.4 is 0 Å². The minimum atomic E-state index is -3.82. The van der Waals surface area contributed by atoms with E-state index in [1.807, 2.05) is 0 Å². The van der Waals surface area contributed by atoms with Crippen LogP contribution in [0.1, 0.15) is 41.6 Å². The Balaban J connectivity index is 1.96. The van der Waals surface area contributed by atoms with Crippen molar-refractivity contribution in [3.63, 3.8) is 0 Å². The van der Waals surface area contributed by atoms with Crippen LogP contribution in [-0.4, -0.2) is 60.9 Å². The molecule has 1 aromatic rings. The Labute approximate surface area is 153 Å². The van der Waals surface area contributed by atoms with Gasteiger partial charge in [0.15, 0.2) is 0 Å². The largest absolute Gasteiger partial charge is 0.478 e. The molecule has 138 valence electrons. The Morgan fingerprint density at radius 1 is 1.28 bits per heavy atom. The zero-order valence-electron chi connectivity index (χ0n) is 14.6. The van der Waals surface area contributed by atoms with Crippen LogP contribution in [0.5, 0.6) is 0 Å². The van der Waals surface area contributed by atoms with E-state index in [0.29, 0.717) is 12.1 Å². The molecule has 2 bridgehead atoms. The predicted octanol–water partition coefficient (Wildman–Crippen LogP) is 2.59. The van der Waals surface area contributed by atoms with Crippen LogP contribution in [-0.2, 0) is 10.0 Å². The van der Waals surface area contributed by atoms with Crippen LogP contribution >= 0.6 is 11.6 Å². The number of rotatable bonds is 4. The summed E-state index contributed by atoms with van der Waals surface area (Å²) in [5, 5.41) is 9.41. The maximum atomic E-state index is 13.2. The summed E-state index contributed by atoms with van der Waals surface area (Å²) < 4.78 is 27.7. The maximum absolute atomic E-state index is 13.2. The molecular weight excluding hydrogens is 364 g/mol. The Morgan fingerprint density at radius 2 is 1.84 bits per heavy atom. The zero-order chi connectivity index (χ0) is 18.5. The number of fused-ring (bicyclic) bond motifs is 2. The average Bonchev–Trinajstić information content (AvgIpc) is 2.75. The average molecular weight is 387 g/mol. The summed E-state index contributed by atoms with van der Waals surface area (Å²) in [4.78, 5) is 13.7. The molecule has 0 aromatic heterocycles. The summed E-state index contributed by atoms with van der Waals surface area (Å²) in [5.74, 6) is -1.18. The van der Waals surface area contributed by atoms with E-state index in [1.165, 1.54) is 23.4 Å². The second-order valence-corrected chi connectivity index (χ2v) is 9.48. The maximum Gasteiger partial charge on any atom is 0.336 e. The minimum Gasteiger partial charge on any atom is -0.478 e. The van der Waals surface area contributed by atoms with Crippen LogP contribution in [0.15, 0.2) is 17.0 Å². The highest BCUT2D eigenvalue weighted by atomic mass is 35.5. The molecule has 0 amide bonds. The Bertz CT molecular complexity index is 797. The van der Waals surface area contributed by atoms with Gasteiger partial charge in [0, 0.05) is 30.2 Å². The molecule has 2 heterocycles. The van der Waals surface area contributed by atoms with Gasteiger partial charge in [0.2, 0.25) is 10.0 Å². The zero-order valence-corrected chi connectivity index (χ0v) is 16.1. The first-order chi connectivity index (χ1) is 11.6. The number of carboxylic acid groups (broad SMARTS) is 1. The van der Waals surface area contributed by atoms with Crippen molar-refractivity contribution >= 4 is 27.6 Å². The molecule has 0 aliphatic carbocycles.